The summed E-state index contributed by atoms with van der Waals surface area (Å²) in [5.74, 6) is 0.779. The number of nitrogens with zero attached hydrogens (tertiary/aromatic N) is 1. The zero-order valence-electron chi connectivity index (χ0n) is 8.28. The highest BCUT2D eigenvalue weighted by Gasteiger charge is 2.54. The van der Waals surface area contributed by atoms with E-state index in [1.807, 2.05) is 0 Å². The molecule has 2 rings (SSSR count). The third-order valence-electron chi connectivity index (χ3n) is 3.59. The summed E-state index contributed by atoms with van der Waals surface area (Å²) in [6, 6.07) is 0. The second-order valence-corrected chi connectivity index (χ2v) is 4.48. The summed E-state index contributed by atoms with van der Waals surface area (Å²) in [7, 11) is 1.60. The van der Waals surface area contributed by atoms with Crippen molar-refractivity contribution in [3.8, 4) is 0 Å². The Hall–Kier alpha value is -0.860. The molecular weight excluding hydrogens is 166 g/mol. The zero-order valence-corrected chi connectivity index (χ0v) is 8.28. The van der Waals surface area contributed by atoms with Crippen LogP contribution >= 0.6 is 0 Å². The molecule has 3 heteroatoms. The Morgan fingerprint density at radius 1 is 1.08 bits per heavy atom. The lowest BCUT2D eigenvalue weighted by Crippen LogP contribution is -2.28. The lowest BCUT2D eigenvalue weighted by atomic mass is 9.91. The molecular formula is C10H15NO2. The predicted octanol–water partition coefficient (Wildman–Crippen LogP) is 0.893. The Kier molecular flexibility index (Phi) is 1.72. The maximum absolute atomic E-state index is 11.7. The van der Waals surface area contributed by atoms with Gasteiger partial charge in [-0.1, -0.05) is 13.8 Å². The highest BCUT2D eigenvalue weighted by molar-refractivity contribution is 6.05. The van der Waals surface area contributed by atoms with E-state index in [2.05, 4.69) is 13.8 Å². The lowest BCUT2D eigenvalue weighted by molar-refractivity contribution is -0.139. The summed E-state index contributed by atoms with van der Waals surface area (Å²) in [6.07, 6.45) is 1.01. The Morgan fingerprint density at radius 3 is 1.85 bits per heavy atom. The number of hydrogen-bond donors (Lipinski definition) is 0. The number of hydrogen-bond acceptors (Lipinski definition) is 2. The van der Waals surface area contributed by atoms with Crippen LogP contribution < -0.4 is 0 Å². The number of carbonyl (C=O) groups is 2. The van der Waals surface area contributed by atoms with Crippen LogP contribution in [0.25, 0.3) is 0 Å². The molecule has 13 heavy (non-hydrogen) atoms. The smallest absolute Gasteiger partial charge is 0.233 e. The highest BCUT2D eigenvalue weighted by atomic mass is 16.2. The molecule has 1 aliphatic heterocycles. The summed E-state index contributed by atoms with van der Waals surface area (Å²) in [5, 5.41) is 0. The van der Waals surface area contributed by atoms with Crippen molar-refractivity contribution in [3.63, 3.8) is 0 Å². The van der Waals surface area contributed by atoms with Gasteiger partial charge in [0.1, 0.15) is 0 Å². The van der Waals surface area contributed by atoms with E-state index in [9.17, 15) is 9.59 Å². The minimum absolute atomic E-state index is 0.0208. The molecule has 0 aromatic rings. The monoisotopic (exact) mass is 181 g/mol. The Labute approximate surface area is 78.1 Å². The molecule has 0 aromatic carbocycles. The third kappa shape index (κ3) is 0.960. The first-order valence-electron chi connectivity index (χ1n) is 4.85. The fourth-order valence-corrected chi connectivity index (χ4v) is 2.94. The van der Waals surface area contributed by atoms with Crippen molar-refractivity contribution in [2.45, 2.75) is 20.3 Å². The van der Waals surface area contributed by atoms with Gasteiger partial charge in [0.15, 0.2) is 0 Å². The largest absolute Gasteiger partial charge is 0.285 e. The molecule has 4 unspecified atom stereocenters. The van der Waals surface area contributed by atoms with Crippen LogP contribution in [0.5, 0.6) is 0 Å². The molecule has 1 saturated carbocycles. The van der Waals surface area contributed by atoms with Crippen LogP contribution in [0, 0.1) is 23.7 Å². The van der Waals surface area contributed by atoms with Gasteiger partial charge in [-0.05, 0) is 18.3 Å². The molecule has 0 N–H and O–H groups in total. The summed E-state index contributed by atoms with van der Waals surface area (Å²) in [4.78, 5) is 24.6. The SMILES string of the molecule is CC1CC(C)C2C(=O)N(C)C(=O)C12. The normalized spacial score (nSPS) is 44.4. The van der Waals surface area contributed by atoms with Gasteiger partial charge in [-0.15, -0.1) is 0 Å². The predicted molar refractivity (Wildman–Crippen MR) is 47.7 cm³/mol. The molecule has 0 bridgehead atoms. The maximum atomic E-state index is 11.7. The van der Waals surface area contributed by atoms with Gasteiger partial charge in [0.05, 0.1) is 11.8 Å². The minimum atomic E-state index is -0.0208. The van der Waals surface area contributed by atoms with Crippen molar-refractivity contribution < 1.29 is 9.59 Å². The number of likely N-dealkylation sites (tertiary alicyclic amines) is 1. The first-order chi connectivity index (χ1) is 6.04. The van der Waals surface area contributed by atoms with Crippen molar-refractivity contribution >= 4 is 11.8 Å². The molecule has 4 atom stereocenters. The van der Waals surface area contributed by atoms with Crippen LogP contribution in [-0.4, -0.2) is 23.8 Å². The van der Waals surface area contributed by atoms with Gasteiger partial charge < -0.3 is 0 Å². The molecule has 0 radical (unpaired) electrons. The van der Waals surface area contributed by atoms with Gasteiger partial charge in [0.2, 0.25) is 11.8 Å². The fourth-order valence-electron chi connectivity index (χ4n) is 2.94. The molecule has 72 valence electrons. The van der Waals surface area contributed by atoms with Gasteiger partial charge in [-0.2, -0.15) is 0 Å². The maximum Gasteiger partial charge on any atom is 0.233 e. The topological polar surface area (TPSA) is 37.4 Å². The van der Waals surface area contributed by atoms with E-state index < -0.39 is 0 Å². The van der Waals surface area contributed by atoms with Crippen molar-refractivity contribution in [1.82, 2.24) is 4.90 Å². The third-order valence-corrected chi connectivity index (χ3v) is 3.59. The van der Waals surface area contributed by atoms with Gasteiger partial charge in [-0.25, -0.2) is 0 Å². The van der Waals surface area contributed by atoms with Crippen molar-refractivity contribution in [1.29, 1.82) is 0 Å². The van der Waals surface area contributed by atoms with Crippen LogP contribution in [0.1, 0.15) is 20.3 Å². The van der Waals surface area contributed by atoms with Crippen LogP contribution in [0.3, 0.4) is 0 Å². The van der Waals surface area contributed by atoms with Gasteiger partial charge in [0, 0.05) is 7.05 Å². The average Bonchev–Trinajstić information content (AvgIpc) is 2.47. The molecule has 2 aliphatic rings. The van der Waals surface area contributed by atoms with E-state index in [1.165, 1.54) is 4.90 Å². The number of rotatable bonds is 0. The molecule has 0 spiro atoms. The standard InChI is InChI=1S/C10H15NO2/c1-5-4-6(2)8-7(5)9(12)11(3)10(8)13/h5-8H,4H2,1-3H3. The van der Waals surface area contributed by atoms with Crippen LogP contribution in [-0.2, 0) is 9.59 Å². The summed E-state index contributed by atoms with van der Waals surface area (Å²) < 4.78 is 0. The van der Waals surface area contributed by atoms with Crippen LogP contribution in [0.2, 0.25) is 0 Å². The second-order valence-electron chi connectivity index (χ2n) is 4.48. The average molecular weight is 181 g/mol. The van der Waals surface area contributed by atoms with Crippen molar-refractivity contribution in [2.24, 2.45) is 23.7 Å². The molecule has 1 aliphatic carbocycles. The van der Waals surface area contributed by atoms with E-state index in [1.54, 1.807) is 7.05 Å². The Balaban J connectivity index is 2.36. The zero-order chi connectivity index (χ0) is 9.75. The van der Waals surface area contributed by atoms with E-state index >= 15 is 0 Å². The van der Waals surface area contributed by atoms with E-state index in [0.29, 0.717) is 11.8 Å². The van der Waals surface area contributed by atoms with E-state index in [4.69, 9.17) is 0 Å². The number of amides is 2. The minimum Gasteiger partial charge on any atom is -0.285 e. The molecule has 2 fully saturated rings. The van der Waals surface area contributed by atoms with Crippen molar-refractivity contribution in [2.75, 3.05) is 7.05 Å². The Morgan fingerprint density at radius 2 is 1.46 bits per heavy atom. The molecule has 1 heterocycles. The summed E-state index contributed by atoms with van der Waals surface area (Å²) in [6.45, 7) is 4.15. The van der Waals surface area contributed by atoms with E-state index in [0.717, 1.165) is 6.42 Å². The number of imide groups is 1. The van der Waals surface area contributed by atoms with Gasteiger partial charge >= 0.3 is 0 Å². The van der Waals surface area contributed by atoms with Gasteiger partial charge in [-0.3, -0.25) is 14.5 Å². The summed E-state index contributed by atoms with van der Waals surface area (Å²) in [5.41, 5.74) is 0. The van der Waals surface area contributed by atoms with E-state index in [-0.39, 0.29) is 23.7 Å². The molecule has 2 amide bonds. The fraction of sp³-hybridized carbons (Fsp3) is 0.800. The molecule has 0 aromatic heterocycles. The van der Waals surface area contributed by atoms with Gasteiger partial charge in [0.25, 0.3) is 0 Å². The number of fused-ring (bicyclic) bond motifs is 1. The summed E-state index contributed by atoms with van der Waals surface area (Å²) >= 11 is 0. The lowest BCUT2D eigenvalue weighted by Gasteiger charge is -2.12. The number of carbonyl (C=O) groups excluding carboxylic acids is 2. The Bertz CT molecular complexity index is 248. The van der Waals surface area contributed by atoms with Crippen molar-refractivity contribution in [3.05, 3.63) is 0 Å². The molecule has 1 saturated heterocycles. The quantitative estimate of drug-likeness (QED) is 0.520. The second kappa shape index (κ2) is 2.56. The molecule has 3 nitrogen and oxygen atoms in total. The van der Waals surface area contributed by atoms with Crippen LogP contribution in [0.15, 0.2) is 0 Å². The van der Waals surface area contributed by atoms with Crippen LogP contribution in [0.4, 0.5) is 0 Å². The first-order valence-corrected chi connectivity index (χ1v) is 4.85. The highest BCUT2D eigenvalue weighted by Crippen LogP contribution is 2.46. The first kappa shape index (κ1) is 8.73.